The zero-order chi connectivity index (χ0) is 70.7. The van der Waals surface area contributed by atoms with E-state index in [1.807, 2.05) is 140 Å². The highest BCUT2D eigenvalue weighted by molar-refractivity contribution is 6.20. The minimum atomic E-state index is 0.551. The number of aromatic nitrogens is 6. The Labute approximate surface area is 616 Å². The number of nitrogens with zero attached hydrogens (tertiary/aromatic N) is 6. The summed E-state index contributed by atoms with van der Waals surface area (Å²) in [6, 6.07) is 103. The van der Waals surface area contributed by atoms with Gasteiger partial charge < -0.3 is 17.7 Å². The fourth-order valence-corrected chi connectivity index (χ4v) is 17.2. The van der Waals surface area contributed by atoms with Gasteiger partial charge in [0.1, 0.15) is 44.7 Å². The molecule has 0 amide bonds. The van der Waals surface area contributed by atoms with E-state index < -0.39 is 0 Å². The normalized spacial score (nSPS) is 12.8. The van der Waals surface area contributed by atoms with E-state index in [1.165, 1.54) is 77.2 Å². The van der Waals surface area contributed by atoms with Crippen molar-refractivity contribution in [1.29, 1.82) is 0 Å². The first-order valence-corrected chi connectivity index (χ1v) is 36.5. The molecule has 0 bridgehead atoms. The first-order valence-electron chi connectivity index (χ1n) is 36.5. The maximum absolute atomic E-state index is 6.53. The van der Waals surface area contributed by atoms with Gasteiger partial charge in [-0.3, -0.25) is 0 Å². The summed E-state index contributed by atoms with van der Waals surface area (Å²) in [5.74, 6) is 3.46. The molecule has 0 radical (unpaired) electrons. The topological polar surface area (TPSA) is 130 Å². The monoisotopic (exact) mass is 1380 g/mol. The van der Waals surface area contributed by atoms with Crippen LogP contribution in [-0.2, 0) is 6.42 Å². The van der Waals surface area contributed by atoms with E-state index in [0.29, 0.717) is 34.9 Å². The Kier molecular flexibility index (Phi) is 13.1. The zero-order valence-electron chi connectivity index (χ0n) is 57.8. The van der Waals surface area contributed by atoms with Crippen LogP contribution in [0.2, 0.25) is 0 Å². The van der Waals surface area contributed by atoms with Gasteiger partial charge >= 0.3 is 0 Å². The fourth-order valence-electron chi connectivity index (χ4n) is 17.2. The SMILES string of the molecule is C1=Cc2ccc3ccc(-c4ccc5oc6cccc(-c7nc(-c8ccccc8)nc(-c8cccc9c8oc8ccccc89)n7)c6c5c4)c4c3c2C(=CC4)C1.c1ccc(-c2nc(-c3ccc4c(c3)oc3ccccc34)nc(-c3cccc4oc5ccc(-c6cccc7c6-c6cccc8cccc-7c68)cc5c34)n2)cc1. The fraction of sp³-hybridized carbons (Fsp3) is 0.0204. The standard InChI is InChI=1S/C49H27N3O2.C49H29N3O2/c1-2-10-29(11-3-1)47-50-48(31-22-24-34-33-14-4-5-20-40(33)54-43(34)27-31)52-49(51-47)38-19-9-21-42-46(38)39-26-30(23-25-41(39)53-42)32-15-8-17-36-35-16-6-12-28-13-7-18-37(44(28)35)45(32)36;1-2-9-31(10-3-1)47-50-48(52-49(51-47)38-16-7-14-36-34-13-4-5-17-40(34)54-46(36)38)37-15-8-18-42-45(37)39-27-32(23-26-41(39)53-42)33-24-21-30-20-19-28-11-6-12-29-22-25-35(33)44(30)43(28)29/h1-27H;1-11,13-24,26-27H,12,25H2. The molecule has 10 heteroatoms. The van der Waals surface area contributed by atoms with E-state index in [9.17, 15) is 0 Å². The lowest BCUT2D eigenvalue weighted by molar-refractivity contribution is 0.668. The van der Waals surface area contributed by atoms with Crippen molar-refractivity contribution in [3.8, 4) is 113 Å². The van der Waals surface area contributed by atoms with E-state index in [0.717, 1.165) is 145 Å². The van der Waals surface area contributed by atoms with Crippen LogP contribution in [0.15, 0.2) is 327 Å². The molecule has 3 aliphatic carbocycles. The van der Waals surface area contributed by atoms with Gasteiger partial charge in [-0.1, -0.05) is 249 Å². The van der Waals surface area contributed by atoms with Gasteiger partial charge in [-0.25, -0.2) is 29.9 Å². The van der Waals surface area contributed by atoms with Crippen LogP contribution in [0, 0.1) is 0 Å². The van der Waals surface area contributed by atoms with E-state index in [4.69, 9.17) is 47.6 Å². The Morgan fingerprint density at radius 2 is 0.722 bits per heavy atom. The Bertz CT molecular complexity index is 7500. The maximum Gasteiger partial charge on any atom is 0.167 e. The van der Waals surface area contributed by atoms with Gasteiger partial charge in [0, 0.05) is 70.9 Å². The van der Waals surface area contributed by atoms with Gasteiger partial charge in [-0.05, 0) is 168 Å². The summed E-state index contributed by atoms with van der Waals surface area (Å²) >= 11 is 0. The molecular weight excluding hydrogens is 1330 g/mol. The number of allylic oxidation sites excluding steroid dienone is 3. The molecule has 3 aliphatic rings. The summed E-state index contributed by atoms with van der Waals surface area (Å²) in [4.78, 5) is 30.7. The molecule has 0 atom stereocenters. The summed E-state index contributed by atoms with van der Waals surface area (Å²) in [7, 11) is 0. The second kappa shape index (κ2) is 23.5. The number of para-hydroxylation sites is 3. The first kappa shape index (κ1) is 60.0. The number of fused-ring (bicyclic) bond motifs is 15. The van der Waals surface area contributed by atoms with Crippen LogP contribution >= 0.6 is 0 Å². The molecule has 0 spiro atoms. The molecule has 502 valence electrons. The molecule has 0 unspecified atom stereocenters. The third-order valence-electron chi connectivity index (χ3n) is 22.1. The number of benzene rings is 15. The minimum absolute atomic E-state index is 0.551. The molecule has 10 nitrogen and oxygen atoms in total. The van der Waals surface area contributed by atoms with Crippen LogP contribution < -0.4 is 0 Å². The lowest BCUT2D eigenvalue weighted by atomic mass is 9.79. The highest BCUT2D eigenvalue weighted by Crippen LogP contribution is 2.53. The van der Waals surface area contributed by atoms with Gasteiger partial charge in [0.15, 0.2) is 34.9 Å². The zero-order valence-corrected chi connectivity index (χ0v) is 57.8. The minimum Gasteiger partial charge on any atom is -0.456 e. The number of hydrogen-bond acceptors (Lipinski definition) is 10. The molecule has 0 saturated carbocycles. The van der Waals surface area contributed by atoms with Crippen molar-refractivity contribution < 1.29 is 17.7 Å². The van der Waals surface area contributed by atoms with Gasteiger partial charge in [0.25, 0.3) is 0 Å². The Balaban J connectivity index is 0.000000130. The summed E-state index contributed by atoms with van der Waals surface area (Å²) in [6.45, 7) is 0. The van der Waals surface area contributed by atoms with Gasteiger partial charge in [0.2, 0.25) is 0 Å². The van der Waals surface area contributed by atoms with Crippen LogP contribution in [0.1, 0.15) is 23.1 Å². The van der Waals surface area contributed by atoms with Crippen LogP contribution in [-0.4, -0.2) is 29.9 Å². The molecule has 0 aliphatic heterocycles. The number of hydrogen-bond donors (Lipinski definition) is 0. The predicted molar refractivity (Wildman–Crippen MR) is 437 cm³/mol. The second-order valence-corrected chi connectivity index (χ2v) is 28.1. The number of furan rings is 4. The van der Waals surface area contributed by atoms with E-state index in [-0.39, 0.29) is 0 Å². The molecule has 15 aromatic carbocycles. The Morgan fingerprint density at radius 3 is 1.44 bits per heavy atom. The third kappa shape index (κ3) is 9.33. The average Bonchev–Trinajstić information content (AvgIpc) is 1.66. The van der Waals surface area contributed by atoms with Gasteiger partial charge in [0.05, 0.1) is 5.56 Å². The smallest absolute Gasteiger partial charge is 0.167 e. The predicted octanol–water partition coefficient (Wildman–Crippen LogP) is 26.0. The van der Waals surface area contributed by atoms with E-state index in [2.05, 4.69) is 176 Å². The molecule has 0 N–H and O–H groups in total. The summed E-state index contributed by atoms with van der Waals surface area (Å²) in [6.07, 6.45) is 8.87. The number of rotatable bonds is 8. The van der Waals surface area contributed by atoms with Crippen molar-refractivity contribution in [2.45, 2.75) is 12.8 Å². The Hall–Kier alpha value is -14.5. The third-order valence-corrected chi connectivity index (χ3v) is 22.1. The van der Waals surface area contributed by atoms with E-state index >= 15 is 0 Å². The summed E-state index contributed by atoms with van der Waals surface area (Å²) in [5.41, 5.74) is 27.0. The molecule has 21 aromatic rings. The first-order chi connectivity index (χ1) is 53.5. The molecule has 0 saturated heterocycles. The van der Waals surface area contributed by atoms with Crippen LogP contribution in [0.25, 0.3) is 234 Å². The van der Waals surface area contributed by atoms with Gasteiger partial charge in [-0.2, -0.15) is 0 Å². The van der Waals surface area contributed by atoms with Crippen LogP contribution in [0.5, 0.6) is 0 Å². The van der Waals surface area contributed by atoms with Crippen molar-refractivity contribution in [1.82, 2.24) is 29.9 Å². The van der Waals surface area contributed by atoms with Crippen molar-refractivity contribution >= 4 is 121 Å². The van der Waals surface area contributed by atoms with Crippen LogP contribution in [0.4, 0.5) is 0 Å². The van der Waals surface area contributed by atoms with Crippen molar-refractivity contribution in [2.24, 2.45) is 0 Å². The average molecular weight is 1380 g/mol. The van der Waals surface area contributed by atoms with Crippen LogP contribution in [0.3, 0.4) is 0 Å². The molecule has 6 aromatic heterocycles. The molecule has 6 heterocycles. The largest absolute Gasteiger partial charge is 0.456 e. The summed E-state index contributed by atoms with van der Waals surface area (Å²) < 4.78 is 25.8. The maximum atomic E-state index is 6.53. The van der Waals surface area contributed by atoms with E-state index in [1.54, 1.807) is 0 Å². The molecular formula is C98H56N6O4. The van der Waals surface area contributed by atoms with Crippen molar-refractivity contribution in [3.05, 3.63) is 326 Å². The second-order valence-electron chi connectivity index (χ2n) is 28.1. The van der Waals surface area contributed by atoms with Crippen molar-refractivity contribution in [3.63, 3.8) is 0 Å². The quantitative estimate of drug-likeness (QED) is 0.145. The highest BCUT2D eigenvalue weighted by Gasteiger charge is 2.28. The highest BCUT2D eigenvalue weighted by atomic mass is 16.3. The Morgan fingerprint density at radius 1 is 0.241 bits per heavy atom. The molecule has 108 heavy (non-hydrogen) atoms. The van der Waals surface area contributed by atoms with Crippen molar-refractivity contribution in [2.75, 3.05) is 0 Å². The molecule has 24 rings (SSSR count). The summed E-state index contributed by atoms with van der Waals surface area (Å²) in [5, 5.41) is 13.5. The lowest BCUT2D eigenvalue weighted by Gasteiger charge is -2.25. The molecule has 0 fully saturated rings. The lowest BCUT2D eigenvalue weighted by Crippen LogP contribution is -2.04. The van der Waals surface area contributed by atoms with Gasteiger partial charge in [-0.15, -0.1) is 0 Å².